The molecule has 10 heteroatoms. The third-order valence-electron chi connectivity index (χ3n) is 3.69. The van der Waals surface area contributed by atoms with Crippen LogP contribution in [0.3, 0.4) is 0 Å². The number of hydrogen-bond donors (Lipinski definition) is 3. The lowest BCUT2D eigenvalue weighted by atomic mass is 10.2. The number of rotatable bonds is 6. The van der Waals surface area contributed by atoms with Gasteiger partial charge in [0.2, 0.25) is 5.95 Å². The van der Waals surface area contributed by atoms with Gasteiger partial charge in [0.1, 0.15) is 17.0 Å². The Bertz CT molecular complexity index is 994. The highest BCUT2D eigenvalue weighted by Gasteiger charge is 2.24. The summed E-state index contributed by atoms with van der Waals surface area (Å²) >= 11 is 0. The number of ether oxygens (including phenoxy) is 2. The quantitative estimate of drug-likeness (QED) is 0.420. The molecule has 29 heavy (non-hydrogen) atoms. The molecule has 2 aliphatic rings. The van der Waals surface area contributed by atoms with Crippen LogP contribution in [0.1, 0.15) is 20.8 Å². The number of nitrogens with one attached hydrogen (secondary N) is 2. The zero-order valence-corrected chi connectivity index (χ0v) is 16.6. The van der Waals surface area contributed by atoms with Crippen LogP contribution in [0.15, 0.2) is 36.7 Å². The van der Waals surface area contributed by atoms with E-state index in [1.54, 1.807) is 18.0 Å². The van der Waals surface area contributed by atoms with Crippen molar-refractivity contribution < 1.29 is 14.3 Å². The summed E-state index contributed by atoms with van der Waals surface area (Å²) in [7, 11) is 1.63. The van der Waals surface area contributed by atoms with Gasteiger partial charge in [0.05, 0.1) is 25.2 Å². The fourth-order valence-electron chi connectivity index (χ4n) is 2.18. The molecule has 0 radical (unpaired) electrons. The van der Waals surface area contributed by atoms with Crippen LogP contribution >= 0.6 is 0 Å². The van der Waals surface area contributed by atoms with Gasteiger partial charge < -0.3 is 25.8 Å². The number of nitrogens with zero attached hydrogens (tertiary/aromatic N) is 4. The number of anilines is 5. The standard InChI is InChI=1S/C14H13N7O.C5H10O2/c1-22-9-4-2-8(3-5-9)17-12-10(15)6-16-14(19-12)18-11-7-21-13(11)20-21;1-5(2,3)7-4-6/h2-7H,15H2,1H3,(H2,16,17,18,19);4H,1-3H3. The first kappa shape index (κ1) is 19.9. The van der Waals surface area contributed by atoms with Crippen LogP contribution in [-0.4, -0.2) is 38.9 Å². The van der Waals surface area contributed by atoms with Crippen LogP contribution < -0.4 is 21.1 Å². The Kier molecular flexibility index (Phi) is 5.53. The van der Waals surface area contributed by atoms with Crippen molar-refractivity contribution in [1.29, 1.82) is 0 Å². The van der Waals surface area contributed by atoms with Gasteiger partial charge in [-0.25, -0.2) is 9.67 Å². The van der Waals surface area contributed by atoms with E-state index < -0.39 is 0 Å². The van der Waals surface area contributed by atoms with Gasteiger partial charge in [-0.2, -0.15) is 4.98 Å². The highest BCUT2D eigenvalue weighted by atomic mass is 16.5. The van der Waals surface area contributed by atoms with Gasteiger partial charge in [-0.1, -0.05) is 0 Å². The van der Waals surface area contributed by atoms with Crippen molar-refractivity contribution in [1.82, 2.24) is 19.7 Å². The van der Waals surface area contributed by atoms with Crippen molar-refractivity contribution >= 4 is 35.3 Å². The SMILES string of the molecule is CC(C)(C)OC=O.COc1ccc(Nc2nc(Nc3cn4nc3-4)ncc2N)cc1. The number of nitrogens with two attached hydrogens (primary N) is 1. The van der Waals surface area contributed by atoms with Gasteiger partial charge in [-0.3, -0.25) is 4.79 Å². The van der Waals surface area contributed by atoms with Gasteiger partial charge in [-0.05, 0) is 45.0 Å². The first-order valence-corrected chi connectivity index (χ1v) is 8.81. The van der Waals surface area contributed by atoms with Crippen molar-refractivity contribution in [2.75, 3.05) is 23.5 Å². The molecule has 152 valence electrons. The molecular formula is C19H23N7O3. The topological polar surface area (TPSA) is 129 Å². The Morgan fingerprint density at radius 1 is 1.17 bits per heavy atom. The van der Waals surface area contributed by atoms with Crippen molar-refractivity contribution in [2.24, 2.45) is 0 Å². The van der Waals surface area contributed by atoms with Crippen molar-refractivity contribution in [3.8, 4) is 11.6 Å². The van der Waals surface area contributed by atoms with E-state index in [1.165, 1.54) is 0 Å². The van der Waals surface area contributed by atoms with E-state index in [-0.39, 0.29) is 5.60 Å². The molecule has 3 heterocycles. The third-order valence-corrected chi connectivity index (χ3v) is 3.69. The van der Waals surface area contributed by atoms with E-state index in [1.807, 2.05) is 51.2 Å². The molecule has 1 aromatic carbocycles. The molecule has 0 saturated carbocycles. The molecule has 2 aliphatic heterocycles. The maximum atomic E-state index is 9.60. The first-order chi connectivity index (χ1) is 13.8. The molecule has 1 aromatic heterocycles. The molecule has 0 atom stereocenters. The fourth-order valence-corrected chi connectivity index (χ4v) is 2.18. The van der Waals surface area contributed by atoms with Gasteiger partial charge in [0.25, 0.3) is 6.47 Å². The Balaban J connectivity index is 0.000000298. The van der Waals surface area contributed by atoms with Crippen molar-refractivity contribution in [2.45, 2.75) is 26.4 Å². The number of fused-ring (bicyclic) bond motifs is 1. The number of nitrogen functional groups attached to an aromatic ring is 1. The number of aromatic nitrogens is 4. The highest BCUT2D eigenvalue weighted by Crippen LogP contribution is 2.32. The summed E-state index contributed by atoms with van der Waals surface area (Å²) in [4.78, 5) is 18.1. The third kappa shape index (κ3) is 5.34. The summed E-state index contributed by atoms with van der Waals surface area (Å²) in [6, 6.07) is 7.49. The average molecular weight is 397 g/mol. The van der Waals surface area contributed by atoms with E-state index in [0.29, 0.717) is 23.9 Å². The normalized spacial score (nSPS) is 11.0. The molecule has 0 spiro atoms. The van der Waals surface area contributed by atoms with E-state index in [4.69, 9.17) is 10.5 Å². The molecule has 0 bridgehead atoms. The molecule has 4 rings (SSSR count). The summed E-state index contributed by atoms with van der Waals surface area (Å²) in [5.74, 6) is 2.71. The lowest BCUT2D eigenvalue weighted by Gasteiger charge is -2.14. The number of carbonyl (C=O) groups excluding carboxylic acids is 1. The lowest BCUT2D eigenvalue weighted by Crippen LogP contribution is -2.17. The van der Waals surface area contributed by atoms with Crippen LogP contribution in [0.5, 0.6) is 5.75 Å². The average Bonchev–Trinajstić information content (AvgIpc) is 3.33. The second-order valence-electron chi connectivity index (χ2n) is 7.11. The minimum Gasteiger partial charge on any atom is -0.497 e. The van der Waals surface area contributed by atoms with Gasteiger partial charge >= 0.3 is 0 Å². The molecule has 0 saturated heterocycles. The molecular weight excluding hydrogens is 374 g/mol. The molecule has 0 unspecified atom stereocenters. The van der Waals surface area contributed by atoms with Crippen molar-refractivity contribution in [3.05, 3.63) is 36.7 Å². The molecule has 0 aliphatic carbocycles. The second-order valence-corrected chi connectivity index (χ2v) is 7.11. The van der Waals surface area contributed by atoms with Gasteiger partial charge in [0, 0.05) is 5.69 Å². The highest BCUT2D eigenvalue weighted by molar-refractivity contribution is 5.73. The van der Waals surface area contributed by atoms with Crippen LogP contribution in [0.4, 0.5) is 28.8 Å². The number of benzene rings is 1. The van der Waals surface area contributed by atoms with E-state index in [2.05, 4.69) is 30.4 Å². The summed E-state index contributed by atoms with van der Waals surface area (Å²) < 4.78 is 11.5. The number of hydrogen-bond acceptors (Lipinski definition) is 9. The summed E-state index contributed by atoms with van der Waals surface area (Å²) in [6.07, 6.45) is 3.43. The maximum absolute atomic E-state index is 9.60. The van der Waals surface area contributed by atoms with Gasteiger partial charge in [-0.15, -0.1) is 5.10 Å². The summed E-state index contributed by atoms with van der Waals surface area (Å²) in [6.45, 7) is 5.92. The molecule has 10 nitrogen and oxygen atoms in total. The first-order valence-electron chi connectivity index (χ1n) is 8.81. The molecule has 2 aromatic rings. The lowest BCUT2D eigenvalue weighted by molar-refractivity contribution is -0.138. The monoisotopic (exact) mass is 397 g/mol. The number of carbonyl (C=O) groups is 1. The Morgan fingerprint density at radius 3 is 2.38 bits per heavy atom. The zero-order valence-electron chi connectivity index (χ0n) is 16.6. The predicted octanol–water partition coefficient (Wildman–Crippen LogP) is 3.01. The summed E-state index contributed by atoms with van der Waals surface area (Å²) in [5.41, 5.74) is 7.83. The van der Waals surface area contributed by atoms with Gasteiger partial charge in [0.15, 0.2) is 11.6 Å². The minimum absolute atomic E-state index is 0.318. The minimum atomic E-state index is -0.318. The number of methoxy groups -OCH3 is 1. The maximum Gasteiger partial charge on any atom is 0.293 e. The van der Waals surface area contributed by atoms with E-state index >= 15 is 0 Å². The van der Waals surface area contributed by atoms with Crippen LogP contribution in [0, 0.1) is 0 Å². The second kappa shape index (κ2) is 8.05. The Hall–Kier alpha value is -3.82. The summed E-state index contributed by atoms with van der Waals surface area (Å²) in [5, 5.41) is 10.3. The molecule has 4 N–H and O–H groups in total. The van der Waals surface area contributed by atoms with Crippen LogP contribution in [0.2, 0.25) is 0 Å². The zero-order chi connectivity index (χ0) is 21.0. The smallest absolute Gasteiger partial charge is 0.293 e. The Morgan fingerprint density at radius 2 is 1.90 bits per heavy atom. The van der Waals surface area contributed by atoms with E-state index in [9.17, 15) is 4.79 Å². The fraction of sp³-hybridized carbons (Fsp3) is 0.263. The van der Waals surface area contributed by atoms with E-state index in [0.717, 1.165) is 22.9 Å². The molecule has 0 amide bonds. The molecule has 0 fully saturated rings. The van der Waals surface area contributed by atoms with Crippen LogP contribution in [0.25, 0.3) is 5.82 Å². The Labute approximate surface area is 168 Å². The van der Waals surface area contributed by atoms with Crippen molar-refractivity contribution in [3.63, 3.8) is 0 Å². The predicted molar refractivity (Wildman–Crippen MR) is 110 cm³/mol. The van der Waals surface area contributed by atoms with Crippen LogP contribution in [-0.2, 0) is 9.53 Å². The largest absolute Gasteiger partial charge is 0.497 e.